The van der Waals surface area contributed by atoms with Crippen LogP contribution in [-0.2, 0) is 0 Å². The van der Waals surface area contributed by atoms with Gasteiger partial charge in [0.05, 0.1) is 31.8 Å². The van der Waals surface area contributed by atoms with Crippen LogP contribution in [0.5, 0.6) is 0 Å². The number of anilines is 1. The van der Waals surface area contributed by atoms with Crippen LogP contribution in [0.15, 0.2) is 12.5 Å². The zero-order valence-electron chi connectivity index (χ0n) is 7.89. The fourth-order valence-electron chi connectivity index (χ4n) is 1.61. The second-order valence-electron chi connectivity index (χ2n) is 3.61. The number of hydrogen-bond acceptors (Lipinski definition) is 5. The first kappa shape index (κ1) is 10.1. The third-order valence-corrected chi connectivity index (χ3v) is 2.59. The minimum absolute atomic E-state index is 0.131. The van der Waals surface area contributed by atoms with Gasteiger partial charge in [-0.15, -0.1) is 0 Å². The summed E-state index contributed by atoms with van der Waals surface area (Å²) in [6.45, 7) is 0.772. The van der Waals surface area contributed by atoms with Gasteiger partial charge in [0.25, 0.3) is 0 Å². The lowest BCUT2D eigenvalue weighted by atomic mass is 9.91. The van der Waals surface area contributed by atoms with E-state index in [4.69, 9.17) is 16.9 Å². The van der Waals surface area contributed by atoms with E-state index >= 15 is 0 Å². The molecule has 1 aliphatic heterocycles. The second-order valence-corrected chi connectivity index (χ2v) is 4.02. The van der Waals surface area contributed by atoms with E-state index in [-0.39, 0.29) is 6.42 Å². The molecule has 0 aromatic carbocycles. The van der Waals surface area contributed by atoms with Crippen molar-refractivity contribution < 1.29 is 5.11 Å². The molecule has 0 saturated carbocycles. The first-order valence-electron chi connectivity index (χ1n) is 4.44. The van der Waals surface area contributed by atoms with Crippen LogP contribution in [0, 0.1) is 11.3 Å². The SMILES string of the molecule is N#CCC1(O)CN(c2ncncc2Cl)C1. The maximum atomic E-state index is 9.78. The molecular formula is C9H9ClN4O. The molecule has 1 aromatic heterocycles. The van der Waals surface area contributed by atoms with E-state index in [9.17, 15) is 5.11 Å². The van der Waals surface area contributed by atoms with Crippen molar-refractivity contribution in [2.24, 2.45) is 0 Å². The van der Waals surface area contributed by atoms with Crippen LogP contribution in [-0.4, -0.2) is 33.8 Å². The molecule has 1 aliphatic rings. The molecule has 2 heterocycles. The Hall–Kier alpha value is -1.38. The lowest BCUT2D eigenvalue weighted by Gasteiger charge is -2.46. The van der Waals surface area contributed by atoms with Gasteiger partial charge in [-0.3, -0.25) is 0 Å². The first-order valence-corrected chi connectivity index (χ1v) is 4.82. The number of halogens is 1. The highest BCUT2D eigenvalue weighted by Gasteiger charge is 2.42. The van der Waals surface area contributed by atoms with Gasteiger partial charge >= 0.3 is 0 Å². The summed E-state index contributed by atoms with van der Waals surface area (Å²) >= 11 is 5.89. The smallest absolute Gasteiger partial charge is 0.151 e. The molecule has 6 heteroatoms. The van der Waals surface area contributed by atoms with E-state index in [0.29, 0.717) is 23.9 Å². The number of rotatable bonds is 2. The molecule has 2 rings (SSSR count). The van der Waals surface area contributed by atoms with Crippen molar-refractivity contribution in [1.29, 1.82) is 5.26 Å². The average Bonchev–Trinajstić information content (AvgIpc) is 2.15. The molecule has 0 atom stereocenters. The Labute approximate surface area is 91.9 Å². The van der Waals surface area contributed by atoms with E-state index in [1.807, 2.05) is 11.0 Å². The Morgan fingerprint density at radius 1 is 1.67 bits per heavy atom. The van der Waals surface area contributed by atoms with E-state index in [1.165, 1.54) is 12.5 Å². The fraction of sp³-hybridized carbons (Fsp3) is 0.444. The van der Waals surface area contributed by atoms with Crippen LogP contribution < -0.4 is 4.90 Å². The van der Waals surface area contributed by atoms with Crippen LogP contribution in [0.25, 0.3) is 0 Å². The Balaban J connectivity index is 2.07. The Bertz CT molecular complexity index is 411. The number of hydrogen-bond donors (Lipinski definition) is 1. The summed E-state index contributed by atoms with van der Waals surface area (Å²) in [5, 5.41) is 18.7. The van der Waals surface area contributed by atoms with Gasteiger partial charge in [0, 0.05) is 0 Å². The molecule has 1 aromatic rings. The molecule has 0 aliphatic carbocycles. The molecule has 1 fully saturated rings. The van der Waals surface area contributed by atoms with Gasteiger partial charge in [0.1, 0.15) is 17.0 Å². The number of aliphatic hydroxyl groups is 1. The van der Waals surface area contributed by atoms with Crippen molar-refractivity contribution in [2.75, 3.05) is 18.0 Å². The fourth-order valence-corrected chi connectivity index (χ4v) is 1.84. The summed E-state index contributed by atoms with van der Waals surface area (Å²) in [6, 6.07) is 1.95. The molecular weight excluding hydrogens is 216 g/mol. The van der Waals surface area contributed by atoms with E-state index in [0.717, 1.165) is 0 Å². The van der Waals surface area contributed by atoms with E-state index < -0.39 is 5.60 Å². The van der Waals surface area contributed by atoms with Crippen molar-refractivity contribution in [1.82, 2.24) is 9.97 Å². The minimum Gasteiger partial charge on any atom is -0.385 e. The molecule has 0 spiro atoms. The first-order chi connectivity index (χ1) is 7.14. The van der Waals surface area contributed by atoms with Gasteiger partial charge < -0.3 is 10.0 Å². The topological polar surface area (TPSA) is 73.0 Å². The van der Waals surface area contributed by atoms with E-state index in [1.54, 1.807) is 0 Å². The average molecular weight is 225 g/mol. The largest absolute Gasteiger partial charge is 0.385 e. The minimum atomic E-state index is -0.914. The summed E-state index contributed by atoms with van der Waals surface area (Å²) in [5.41, 5.74) is -0.914. The Morgan fingerprint density at radius 3 is 3.00 bits per heavy atom. The van der Waals surface area contributed by atoms with Gasteiger partial charge in [0.15, 0.2) is 5.82 Å². The molecule has 5 nitrogen and oxygen atoms in total. The third-order valence-electron chi connectivity index (χ3n) is 2.33. The number of aromatic nitrogens is 2. The third kappa shape index (κ3) is 1.87. The van der Waals surface area contributed by atoms with Crippen molar-refractivity contribution in [3.8, 4) is 6.07 Å². The summed E-state index contributed by atoms with van der Waals surface area (Å²) in [6.07, 6.45) is 3.04. The van der Waals surface area contributed by atoms with Crippen LogP contribution in [0.2, 0.25) is 5.02 Å². The quantitative estimate of drug-likeness (QED) is 0.796. The summed E-state index contributed by atoms with van der Waals surface area (Å²) in [4.78, 5) is 9.61. The molecule has 0 bridgehead atoms. The molecule has 0 unspecified atom stereocenters. The van der Waals surface area contributed by atoms with Crippen molar-refractivity contribution in [3.63, 3.8) is 0 Å². The van der Waals surface area contributed by atoms with Crippen molar-refractivity contribution >= 4 is 17.4 Å². The van der Waals surface area contributed by atoms with Gasteiger partial charge in [-0.2, -0.15) is 5.26 Å². The van der Waals surface area contributed by atoms with Gasteiger partial charge in [-0.25, -0.2) is 9.97 Å². The van der Waals surface area contributed by atoms with Crippen LogP contribution in [0.3, 0.4) is 0 Å². The standard InChI is InChI=1S/C9H9ClN4O/c10-7-3-12-6-13-8(7)14-4-9(15,5-14)1-2-11/h3,6,15H,1,4-5H2. The van der Waals surface area contributed by atoms with Crippen LogP contribution in [0.4, 0.5) is 5.82 Å². The summed E-state index contributed by atoms with van der Waals surface area (Å²) in [7, 11) is 0. The molecule has 15 heavy (non-hydrogen) atoms. The number of nitrogens with zero attached hydrogens (tertiary/aromatic N) is 4. The van der Waals surface area contributed by atoms with E-state index in [2.05, 4.69) is 9.97 Å². The highest BCUT2D eigenvalue weighted by molar-refractivity contribution is 6.32. The number of nitriles is 1. The zero-order chi connectivity index (χ0) is 10.9. The van der Waals surface area contributed by atoms with Crippen molar-refractivity contribution in [3.05, 3.63) is 17.5 Å². The number of β-amino-alcohol motifs (C(OH)–C–C–N with tert-alkyl or cyclic N) is 1. The van der Waals surface area contributed by atoms with Crippen molar-refractivity contribution in [2.45, 2.75) is 12.0 Å². The monoisotopic (exact) mass is 224 g/mol. The van der Waals surface area contributed by atoms with Gasteiger partial charge in [-0.05, 0) is 0 Å². The molecule has 78 valence electrons. The molecule has 0 radical (unpaired) electrons. The highest BCUT2D eigenvalue weighted by atomic mass is 35.5. The maximum Gasteiger partial charge on any atom is 0.151 e. The molecule has 0 amide bonds. The zero-order valence-corrected chi connectivity index (χ0v) is 8.65. The van der Waals surface area contributed by atoms with Crippen LogP contribution in [0.1, 0.15) is 6.42 Å². The van der Waals surface area contributed by atoms with Gasteiger partial charge in [0.2, 0.25) is 0 Å². The summed E-state index contributed by atoms with van der Waals surface area (Å²) < 4.78 is 0. The second kappa shape index (κ2) is 3.65. The normalized spacial score (nSPS) is 18.1. The molecule has 1 saturated heterocycles. The maximum absolute atomic E-state index is 9.78. The lowest BCUT2D eigenvalue weighted by Crippen LogP contribution is -2.62. The summed E-state index contributed by atoms with van der Waals surface area (Å²) in [5.74, 6) is 0.606. The predicted molar refractivity (Wildman–Crippen MR) is 54.4 cm³/mol. The lowest BCUT2D eigenvalue weighted by molar-refractivity contribution is 0.0162. The highest BCUT2D eigenvalue weighted by Crippen LogP contribution is 2.31. The Morgan fingerprint density at radius 2 is 2.40 bits per heavy atom. The Kier molecular flexibility index (Phi) is 2.47. The van der Waals surface area contributed by atoms with Gasteiger partial charge in [-0.1, -0.05) is 11.6 Å². The molecule has 1 N–H and O–H groups in total. The van der Waals surface area contributed by atoms with Crippen LogP contribution >= 0.6 is 11.6 Å². The predicted octanol–water partition coefficient (Wildman–Crippen LogP) is 0.595.